The van der Waals surface area contributed by atoms with Crippen molar-refractivity contribution in [1.82, 2.24) is 14.9 Å². The monoisotopic (exact) mass is 349 g/mol. The van der Waals surface area contributed by atoms with Gasteiger partial charge in [0.1, 0.15) is 5.82 Å². The van der Waals surface area contributed by atoms with Gasteiger partial charge in [0.05, 0.1) is 0 Å². The minimum absolute atomic E-state index is 0.280. The molecule has 0 spiro atoms. The average molecular weight is 350 g/mol. The molecule has 2 aromatic rings. The molecule has 0 aliphatic heterocycles. The topological polar surface area (TPSA) is 29.9 Å². The van der Waals surface area contributed by atoms with Crippen molar-refractivity contribution in [1.29, 1.82) is 0 Å². The van der Waals surface area contributed by atoms with Gasteiger partial charge in [-0.15, -0.1) is 0 Å². The lowest BCUT2D eigenvalue weighted by Gasteiger charge is -2.21. The summed E-state index contributed by atoms with van der Waals surface area (Å²) in [4.78, 5) is 4.54. The zero-order chi connectivity index (χ0) is 15.2. The minimum atomic E-state index is 0.280. The lowest BCUT2D eigenvalue weighted by atomic mass is 10.0. The van der Waals surface area contributed by atoms with E-state index in [-0.39, 0.29) is 6.04 Å². The molecule has 1 atom stereocenters. The second kappa shape index (κ2) is 7.76. The quantitative estimate of drug-likeness (QED) is 0.809. The number of aryl methyl sites for hydroxylation is 2. The van der Waals surface area contributed by atoms with Crippen LogP contribution in [0.25, 0.3) is 0 Å². The Balaban J connectivity index is 2.26. The van der Waals surface area contributed by atoms with E-state index >= 15 is 0 Å². The summed E-state index contributed by atoms with van der Waals surface area (Å²) < 4.78 is 3.46. The zero-order valence-electron chi connectivity index (χ0n) is 13.1. The highest BCUT2D eigenvalue weighted by atomic mass is 79.9. The van der Waals surface area contributed by atoms with E-state index in [1.807, 2.05) is 6.20 Å². The van der Waals surface area contributed by atoms with Gasteiger partial charge in [0, 0.05) is 35.9 Å². The van der Waals surface area contributed by atoms with Crippen molar-refractivity contribution >= 4 is 15.9 Å². The molecule has 0 saturated carbocycles. The van der Waals surface area contributed by atoms with Crippen molar-refractivity contribution in [2.75, 3.05) is 6.54 Å². The third-order valence-corrected chi connectivity index (χ3v) is 4.78. The van der Waals surface area contributed by atoms with E-state index in [9.17, 15) is 0 Å². The fourth-order valence-corrected chi connectivity index (χ4v) is 3.18. The van der Waals surface area contributed by atoms with Crippen LogP contribution >= 0.6 is 15.9 Å². The summed E-state index contributed by atoms with van der Waals surface area (Å²) in [7, 11) is 0. The van der Waals surface area contributed by atoms with E-state index in [0.29, 0.717) is 0 Å². The number of nitrogens with one attached hydrogen (secondary N) is 1. The van der Waals surface area contributed by atoms with Crippen LogP contribution in [-0.2, 0) is 13.0 Å². The van der Waals surface area contributed by atoms with Crippen molar-refractivity contribution in [3.8, 4) is 0 Å². The maximum absolute atomic E-state index is 4.54. The molecule has 1 heterocycles. The Bertz CT molecular complexity index is 577. The SMILES string of the molecule is CCCn1ccnc1CC(NCC)c1cccc(C)c1Br. The van der Waals surface area contributed by atoms with Gasteiger partial charge in [-0.1, -0.05) is 48.0 Å². The van der Waals surface area contributed by atoms with Gasteiger partial charge in [-0.2, -0.15) is 0 Å². The molecule has 0 saturated heterocycles. The van der Waals surface area contributed by atoms with Crippen LogP contribution in [0.4, 0.5) is 0 Å². The van der Waals surface area contributed by atoms with Gasteiger partial charge in [0.15, 0.2) is 0 Å². The predicted octanol–water partition coefficient (Wildman–Crippen LogP) is 4.26. The van der Waals surface area contributed by atoms with Gasteiger partial charge < -0.3 is 9.88 Å². The lowest BCUT2D eigenvalue weighted by Crippen LogP contribution is -2.25. The number of likely N-dealkylation sites (N-methyl/N-ethyl adjacent to an activating group) is 1. The molecule has 0 aliphatic rings. The van der Waals surface area contributed by atoms with Crippen molar-refractivity contribution in [3.05, 3.63) is 52.0 Å². The molecule has 0 bridgehead atoms. The highest BCUT2D eigenvalue weighted by molar-refractivity contribution is 9.10. The smallest absolute Gasteiger partial charge is 0.110 e. The van der Waals surface area contributed by atoms with Gasteiger partial charge in [0.2, 0.25) is 0 Å². The summed E-state index contributed by atoms with van der Waals surface area (Å²) in [5.41, 5.74) is 2.58. The van der Waals surface area contributed by atoms with Crippen LogP contribution in [-0.4, -0.2) is 16.1 Å². The van der Waals surface area contributed by atoms with Gasteiger partial charge in [-0.3, -0.25) is 0 Å². The third kappa shape index (κ3) is 3.95. The standard InChI is InChI=1S/C17H24BrN3/c1-4-10-21-11-9-20-16(21)12-15(19-5-2)14-8-6-7-13(3)17(14)18/h6-9,11,15,19H,4-5,10,12H2,1-3H3. The Hall–Kier alpha value is -1.13. The molecule has 3 nitrogen and oxygen atoms in total. The van der Waals surface area contributed by atoms with Crippen molar-refractivity contribution < 1.29 is 0 Å². The maximum atomic E-state index is 4.54. The third-order valence-electron chi connectivity index (χ3n) is 3.70. The highest BCUT2D eigenvalue weighted by Gasteiger charge is 2.17. The first-order valence-electron chi connectivity index (χ1n) is 7.65. The van der Waals surface area contributed by atoms with Crippen molar-refractivity contribution in [3.63, 3.8) is 0 Å². The normalized spacial score (nSPS) is 12.6. The summed E-state index contributed by atoms with van der Waals surface area (Å²) in [5, 5.41) is 3.59. The molecule has 114 valence electrons. The number of hydrogen-bond acceptors (Lipinski definition) is 2. The van der Waals surface area contributed by atoms with Gasteiger partial charge >= 0.3 is 0 Å². The van der Waals surface area contributed by atoms with Crippen molar-refractivity contribution in [2.24, 2.45) is 0 Å². The Morgan fingerprint density at radius 1 is 1.33 bits per heavy atom. The second-order valence-electron chi connectivity index (χ2n) is 5.33. The molecule has 1 N–H and O–H groups in total. The molecule has 21 heavy (non-hydrogen) atoms. The van der Waals surface area contributed by atoms with Crippen molar-refractivity contribution in [2.45, 2.75) is 46.2 Å². The summed E-state index contributed by atoms with van der Waals surface area (Å²) in [6.45, 7) is 8.45. The molecule has 1 aromatic heterocycles. The number of nitrogens with zero attached hydrogens (tertiary/aromatic N) is 2. The van der Waals surface area contributed by atoms with E-state index in [4.69, 9.17) is 0 Å². The molecule has 4 heteroatoms. The minimum Gasteiger partial charge on any atom is -0.335 e. The second-order valence-corrected chi connectivity index (χ2v) is 6.12. The molecular formula is C17H24BrN3. The molecular weight excluding hydrogens is 326 g/mol. The number of hydrogen-bond donors (Lipinski definition) is 1. The highest BCUT2D eigenvalue weighted by Crippen LogP contribution is 2.28. The number of aromatic nitrogens is 2. The van der Waals surface area contributed by atoms with Gasteiger partial charge in [-0.25, -0.2) is 4.98 Å². The van der Waals surface area contributed by atoms with Crippen LogP contribution in [0.1, 0.15) is 43.3 Å². The summed E-state index contributed by atoms with van der Waals surface area (Å²) in [6, 6.07) is 6.73. The molecule has 1 aromatic carbocycles. The average Bonchev–Trinajstić information content (AvgIpc) is 2.89. The largest absolute Gasteiger partial charge is 0.335 e. The fourth-order valence-electron chi connectivity index (χ4n) is 2.63. The molecule has 0 fully saturated rings. The Morgan fingerprint density at radius 2 is 2.14 bits per heavy atom. The molecule has 2 rings (SSSR count). The number of halogens is 1. The fraction of sp³-hybridized carbons (Fsp3) is 0.471. The van der Waals surface area contributed by atoms with Gasteiger partial charge in [-0.05, 0) is 31.0 Å². The van der Waals surface area contributed by atoms with Crippen LogP contribution in [0.5, 0.6) is 0 Å². The Labute approximate surface area is 135 Å². The summed E-state index contributed by atoms with van der Waals surface area (Å²) >= 11 is 3.74. The maximum Gasteiger partial charge on any atom is 0.110 e. The number of imidazole rings is 1. The number of benzene rings is 1. The van der Waals surface area contributed by atoms with E-state index < -0.39 is 0 Å². The summed E-state index contributed by atoms with van der Waals surface area (Å²) in [6.07, 6.45) is 6.01. The first-order chi connectivity index (χ1) is 10.2. The molecule has 0 amide bonds. The molecule has 0 radical (unpaired) electrons. The molecule has 0 aliphatic carbocycles. The van der Waals surface area contributed by atoms with E-state index in [1.165, 1.54) is 15.6 Å². The van der Waals surface area contributed by atoms with Crippen LogP contribution in [0.15, 0.2) is 35.1 Å². The lowest BCUT2D eigenvalue weighted by molar-refractivity contribution is 0.514. The van der Waals surface area contributed by atoms with Crippen LogP contribution in [0, 0.1) is 6.92 Å². The Kier molecular flexibility index (Phi) is 6.00. The van der Waals surface area contributed by atoms with Crippen LogP contribution in [0.2, 0.25) is 0 Å². The first kappa shape index (κ1) is 16.2. The van der Waals surface area contributed by atoms with Crippen LogP contribution < -0.4 is 5.32 Å². The zero-order valence-corrected chi connectivity index (χ0v) is 14.7. The molecule has 1 unspecified atom stereocenters. The van der Waals surface area contributed by atoms with Crippen LogP contribution in [0.3, 0.4) is 0 Å². The Morgan fingerprint density at radius 3 is 2.86 bits per heavy atom. The first-order valence-corrected chi connectivity index (χ1v) is 8.45. The van der Waals surface area contributed by atoms with E-state index in [2.05, 4.69) is 76.0 Å². The number of rotatable bonds is 7. The van der Waals surface area contributed by atoms with Gasteiger partial charge in [0.25, 0.3) is 0 Å². The predicted molar refractivity (Wildman–Crippen MR) is 91.5 cm³/mol. The van der Waals surface area contributed by atoms with E-state index in [0.717, 1.165) is 31.8 Å². The summed E-state index contributed by atoms with van der Waals surface area (Å²) in [5.74, 6) is 1.15. The van der Waals surface area contributed by atoms with E-state index in [1.54, 1.807) is 0 Å².